The third-order valence-corrected chi connectivity index (χ3v) is 11.5. The van der Waals surface area contributed by atoms with Crippen molar-refractivity contribution < 1.29 is 44.2 Å². The van der Waals surface area contributed by atoms with Gasteiger partial charge in [-0.05, 0) is 51.4 Å². The minimum atomic E-state index is -1.54. The fourth-order valence-corrected chi connectivity index (χ4v) is 7.60. The predicted molar refractivity (Wildman–Crippen MR) is 251 cm³/mol. The number of esters is 1. The lowest BCUT2D eigenvalue weighted by molar-refractivity contribution is -0.305. The lowest BCUT2D eigenvalue weighted by atomic mass is 9.99. The van der Waals surface area contributed by atoms with Crippen LogP contribution in [0.4, 0.5) is 0 Å². The van der Waals surface area contributed by atoms with Crippen LogP contribution in [0.1, 0.15) is 213 Å². The fraction of sp³-hybridized carbons (Fsp3) is 0.827. The molecule has 4 N–H and O–H groups in total. The van der Waals surface area contributed by atoms with Crippen molar-refractivity contribution in [3.63, 3.8) is 0 Å². The number of allylic oxidation sites excluding steroid dienone is 8. The Morgan fingerprint density at radius 2 is 1.00 bits per heavy atom. The summed E-state index contributed by atoms with van der Waals surface area (Å²) in [5.74, 6) is -0.313. The summed E-state index contributed by atoms with van der Waals surface area (Å²) in [6, 6.07) is 0. The van der Waals surface area contributed by atoms with Gasteiger partial charge in [-0.1, -0.05) is 204 Å². The number of aliphatic hydroxyl groups is 4. The van der Waals surface area contributed by atoms with E-state index in [0.717, 1.165) is 57.8 Å². The Morgan fingerprint density at radius 3 is 1.51 bits per heavy atom. The molecule has 9 heteroatoms. The van der Waals surface area contributed by atoms with Crippen LogP contribution in [0.3, 0.4) is 0 Å². The van der Waals surface area contributed by atoms with E-state index in [0.29, 0.717) is 13.0 Å². The van der Waals surface area contributed by atoms with E-state index < -0.39 is 43.4 Å². The molecule has 1 fully saturated rings. The van der Waals surface area contributed by atoms with Crippen LogP contribution in [0.2, 0.25) is 0 Å². The van der Waals surface area contributed by atoms with Gasteiger partial charge in [0, 0.05) is 13.0 Å². The van der Waals surface area contributed by atoms with Gasteiger partial charge >= 0.3 is 5.97 Å². The van der Waals surface area contributed by atoms with Crippen molar-refractivity contribution in [2.24, 2.45) is 0 Å². The molecule has 0 aromatic heterocycles. The molecule has 9 nitrogen and oxygen atoms in total. The first-order chi connectivity index (χ1) is 29.9. The van der Waals surface area contributed by atoms with Gasteiger partial charge < -0.3 is 39.4 Å². The predicted octanol–water partition coefficient (Wildman–Crippen LogP) is 12.1. The van der Waals surface area contributed by atoms with Crippen LogP contribution in [0, 0.1) is 0 Å². The summed E-state index contributed by atoms with van der Waals surface area (Å²) in [6.07, 6.45) is 47.2. The largest absolute Gasteiger partial charge is 0.457 e. The highest BCUT2D eigenvalue weighted by Gasteiger charge is 2.44. The van der Waals surface area contributed by atoms with Gasteiger partial charge in [0.15, 0.2) is 6.29 Å². The fourth-order valence-electron chi connectivity index (χ4n) is 7.60. The quantitative estimate of drug-likeness (QED) is 0.0268. The molecule has 0 bridgehead atoms. The van der Waals surface area contributed by atoms with E-state index in [2.05, 4.69) is 62.5 Å². The number of aliphatic hydroxyl groups excluding tert-OH is 4. The van der Waals surface area contributed by atoms with Gasteiger partial charge in [0.05, 0.1) is 19.8 Å². The SMILES string of the molecule is CC/C=C\C/C=C\C/C=C\C/C=C\CCCCCCCCCCCCCCCOCC(COC1OC(CO)C(O)C(O)C1O)OC(=O)CCCCCCCCCCCCCC. The Kier molecular flexibility index (Phi) is 40.7. The Labute approximate surface area is 373 Å². The molecule has 61 heavy (non-hydrogen) atoms. The van der Waals surface area contributed by atoms with Crippen molar-refractivity contribution in [1.82, 2.24) is 0 Å². The molecule has 356 valence electrons. The van der Waals surface area contributed by atoms with Crippen molar-refractivity contribution in [2.75, 3.05) is 26.4 Å². The summed E-state index contributed by atoms with van der Waals surface area (Å²) in [5.41, 5.74) is 0. The second kappa shape index (κ2) is 43.4. The minimum absolute atomic E-state index is 0.112. The zero-order valence-electron chi connectivity index (χ0n) is 39.2. The Hall–Kier alpha value is -1.85. The maximum absolute atomic E-state index is 12.8. The lowest BCUT2D eigenvalue weighted by Gasteiger charge is -2.39. The minimum Gasteiger partial charge on any atom is -0.457 e. The molecule has 1 aliphatic heterocycles. The summed E-state index contributed by atoms with van der Waals surface area (Å²) in [7, 11) is 0. The first kappa shape index (κ1) is 57.2. The van der Waals surface area contributed by atoms with Gasteiger partial charge in [0.1, 0.15) is 30.5 Å². The smallest absolute Gasteiger partial charge is 0.306 e. The van der Waals surface area contributed by atoms with E-state index in [4.69, 9.17) is 18.9 Å². The second-order valence-corrected chi connectivity index (χ2v) is 17.2. The van der Waals surface area contributed by atoms with Gasteiger partial charge in [-0.25, -0.2) is 0 Å². The molecule has 1 heterocycles. The first-order valence-corrected chi connectivity index (χ1v) is 25.2. The van der Waals surface area contributed by atoms with Crippen molar-refractivity contribution in [3.8, 4) is 0 Å². The number of unbranched alkanes of at least 4 members (excludes halogenated alkanes) is 24. The molecule has 0 aromatic carbocycles. The second-order valence-electron chi connectivity index (χ2n) is 17.2. The topological polar surface area (TPSA) is 135 Å². The molecule has 0 radical (unpaired) electrons. The van der Waals surface area contributed by atoms with Gasteiger partial charge in [-0.3, -0.25) is 4.79 Å². The highest BCUT2D eigenvalue weighted by atomic mass is 16.7. The summed E-state index contributed by atoms with van der Waals surface area (Å²) < 4.78 is 22.9. The Morgan fingerprint density at radius 1 is 0.541 bits per heavy atom. The number of hydrogen-bond donors (Lipinski definition) is 4. The molecule has 0 aliphatic carbocycles. The highest BCUT2D eigenvalue weighted by Crippen LogP contribution is 2.23. The van der Waals surface area contributed by atoms with E-state index in [1.165, 1.54) is 135 Å². The summed E-state index contributed by atoms with van der Waals surface area (Å²) in [6.45, 7) is 4.46. The number of carbonyl (C=O) groups excluding carboxylic acids is 1. The normalized spacial score (nSPS) is 20.3. The monoisotopic (exact) mass is 863 g/mol. The molecule has 6 atom stereocenters. The van der Waals surface area contributed by atoms with Crippen LogP contribution in [-0.4, -0.2) is 89.6 Å². The molecule has 1 aliphatic rings. The molecule has 1 rings (SSSR count). The molecule has 0 spiro atoms. The summed E-state index contributed by atoms with van der Waals surface area (Å²) in [4.78, 5) is 12.8. The van der Waals surface area contributed by atoms with Crippen LogP contribution in [0.25, 0.3) is 0 Å². The van der Waals surface area contributed by atoms with Crippen molar-refractivity contribution in [1.29, 1.82) is 0 Å². The van der Waals surface area contributed by atoms with E-state index in [1.807, 2.05) is 0 Å². The zero-order valence-corrected chi connectivity index (χ0v) is 39.2. The average molecular weight is 863 g/mol. The van der Waals surface area contributed by atoms with Crippen LogP contribution in [-0.2, 0) is 23.7 Å². The van der Waals surface area contributed by atoms with Gasteiger partial charge in [-0.2, -0.15) is 0 Å². The highest BCUT2D eigenvalue weighted by molar-refractivity contribution is 5.69. The van der Waals surface area contributed by atoms with Crippen molar-refractivity contribution in [3.05, 3.63) is 48.6 Å². The molecule has 6 unspecified atom stereocenters. The third-order valence-electron chi connectivity index (χ3n) is 11.5. The Balaban J connectivity index is 2.15. The van der Waals surface area contributed by atoms with Crippen LogP contribution < -0.4 is 0 Å². The number of carbonyl (C=O) groups is 1. The summed E-state index contributed by atoms with van der Waals surface area (Å²) in [5, 5.41) is 40.2. The van der Waals surface area contributed by atoms with E-state index in [-0.39, 0.29) is 19.2 Å². The number of hydrogen-bond acceptors (Lipinski definition) is 9. The molecular weight excluding hydrogens is 769 g/mol. The Bertz CT molecular complexity index is 1070. The van der Waals surface area contributed by atoms with Crippen molar-refractivity contribution in [2.45, 2.75) is 250 Å². The maximum Gasteiger partial charge on any atom is 0.306 e. The lowest BCUT2D eigenvalue weighted by Crippen LogP contribution is -2.59. The van der Waals surface area contributed by atoms with E-state index >= 15 is 0 Å². The first-order valence-electron chi connectivity index (χ1n) is 25.2. The summed E-state index contributed by atoms with van der Waals surface area (Å²) >= 11 is 0. The van der Waals surface area contributed by atoms with Crippen molar-refractivity contribution >= 4 is 5.97 Å². The molecule has 0 saturated carbocycles. The van der Waals surface area contributed by atoms with E-state index in [1.54, 1.807) is 0 Å². The average Bonchev–Trinajstić information content (AvgIpc) is 3.26. The number of rotatable bonds is 43. The third kappa shape index (κ3) is 34.3. The number of ether oxygens (including phenoxy) is 4. The zero-order chi connectivity index (χ0) is 44.3. The molecular formula is C52H94O9. The van der Waals surface area contributed by atoms with Crippen LogP contribution in [0.15, 0.2) is 48.6 Å². The van der Waals surface area contributed by atoms with Gasteiger partial charge in [-0.15, -0.1) is 0 Å². The van der Waals surface area contributed by atoms with Gasteiger partial charge in [0.2, 0.25) is 0 Å². The van der Waals surface area contributed by atoms with E-state index in [9.17, 15) is 25.2 Å². The molecule has 1 saturated heterocycles. The maximum atomic E-state index is 12.8. The van der Waals surface area contributed by atoms with Gasteiger partial charge in [0.25, 0.3) is 0 Å². The van der Waals surface area contributed by atoms with Crippen LogP contribution in [0.5, 0.6) is 0 Å². The molecule has 0 amide bonds. The standard InChI is InChI=1S/C52H94O9/c1-3-5-7-9-11-13-15-17-18-19-20-21-22-23-24-25-26-27-28-29-30-32-34-36-38-40-42-58-44-46(45-59-52-51(57)50(56)49(55)47(43-53)61-52)60-48(54)41-39-37-35-33-31-16-14-12-10-8-6-4-2/h5,7,11,13,17-18,20-21,46-47,49-53,55-57H,3-4,6,8-10,12,14-16,19,22-45H2,1-2H3/b7-5-,13-11-,18-17-,21-20-. The van der Waals surface area contributed by atoms with Crippen LogP contribution >= 0.6 is 0 Å². The molecule has 0 aromatic rings.